The summed E-state index contributed by atoms with van der Waals surface area (Å²) in [7, 11) is 0. The van der Waals surface area contributed by atoms with E-state index < -0.39 is 0 Å². The Labute approximate surface area is 75.9 Å². The molecule has 0 aliphatic carbocycles. The van der Waals surface area contributed by atoms with Crippen LogP contribution in [0.2, 0.25) is 0 Å². The fourth-order valence-corrected chi connectivity index (χ4v) is 1.13. The minimum atomic E-state index is 0.636. The molecule has 1 aliphatic heterocycles. The van der Waals surface area contributed by atoms with Crippen molar-refractivity contribution < 1.29 is 4.74 Å². The van der Waals surface area contributed by atoms with Crippen molar-refractivity contribution in [3.63, 3.8) is 0 Å². The molecule has 1 nitrogen and oxygen atoms in total. The van der Waals surface area contributed by atoms with Crippen LogP contribution in [0.15, 0.2) is 0 Å². The first kappa shape index (κ1) is 11.3. The molecule has 0 saturated carbocycles. The molecule has 0 N–H and O–H groups in total. The maximum Gasteiger partial charge on any atom is 0.0597 e. The van der Waals surface area contributed by atoms with Crippen molar-refractivity contribution >= 4 is 12.6 Å². The number of rotatable bonds is 4. The maximum atomic E-state index is 5.28. The lowest BCUT2D eigenvalue weighted by molar-refractivity contribution is -0.0555. The third kappa shape index (κ3) is 5.57. The molecule has 0 aromatic rings. The first-order valence-electron chi connectivity index (χ1n) is 4.50. The van der Waals surface area contributed by atoms with Gasteiger partial charge in [-0.25, -0.2) is 0 Å². The summed E-state index contributed by atoms with van der Waals surface area (Å²) < 4.78 is 5.28. The summed E-state index contributed by atoms with van der Waals surface area (Å²) in [5, 5.41) is 0. The summed E-state index contributed by atoms with van der Waals surface area (Å²) >= 11 is 3.53. The van der Waals surface area contributed by atoms with Crippen LogP contribution in [0.5, 0.6) is 0 Å². The van der Waals surface area contributed by atoms with Gasteiger partial charge in [0.05, 0.1) is 6.10 Å². The number of hydrogen-bond donors (Lipinski definition) is 1. The van der Waals surface area contributed by atoms with Gasteiger partial charge < -0.3 is 4.74 Å². The molecule has 0 radical (unpaired) electrons. The molecule has 1 saturated heterocycles. The van der Waals surface area contributed by atoms with Crippen LogP contribution in [0.3, 0.4) is 0 Å². The number of hydrogen-bond acceptors (Lipinski definition) is 2. The van der Waals surface area contributed by atoms with Crippen LogP contribution < -0.4 is 0 Å². The SMILES string of the molecule is CCCCCC1CCO1.CS. The Morgan fingerprint density at radius 3 is 2.36 bits per heavy atom. The number of thiol groups is 1. The third-order valence-electron chi connectivity index (χ3n) is 1.92. The van der Waals surface area contributed by atoms with Crippen LogP contribution in [0, 0.1) is 0 Å². The first-order valence-corrected chi connectivity index (χ1v) is 5.39. The van der Waals surface area contributed by atoms with Crippen molar-refractivity contribution in [2.24, 2.45) is 0 Å². The fourth-order valence-electron chi connectivity index (χ4n) is 1.13. The molecule has 1 unspecified atom stereocenters. The normalized spacial score (nSPS) is 21.5. The molecule has 0 aromatic carbocycles. The zero-order chi connectivity index (χ0) is 8.53. The molecule has 1 fully saturated rings. The Kier molecular flexibility index (Phi) is 8.64. The first-order chi connectivity index (χ1) is 5.43. The van der Waals surface area contributed by atoms with E-state index in [2.05, 4.69) is 19.6 Å². The Bertz CT molecular complexity index is 72.0. The second kappa shape index (κ2) is 8.41. The molecule has 11 heavy (non-hydrogen) atoms. The van der Waals surface area contributed by atoms with Crippen LogP contribution in [0.25, 0.3) is 0 Å². The molecule has 1 aliphatic rings. The van der Waals surface area contributed by atoms with E-state index >= 15 is 0 Å². The van der Waals surface area contributed by atoms with Gasteiger partial charge in [-0.05, 0) is 19.1 Å². The molecule has 0 aromatic heterocycles. The average Bonchev–Trinajstić information content (AvgIpc) is 1.99. The van der Waals surface area contributed by atoms with Crippen molar-refractivity contribution in [1.29, 1.82) is 0 Å². The van der Waals surface area contributed by atoms with E-state index in [0.29, 0.717) is 6.10 Å². The van der Waals surface area contributed by atoms with Crippen LogP contribution in [-0.4, -0.2) is 19.0 Å². The van der Waals surface area contributed by atoms with Crippen molar-refractivity contribution in [2.45, 2.75) is 45.1 Å². The smallest absolute Gasteiger partial charge is 0.0597 e. The van der Waals surface area contributed by atoms with Gasteiger partial charge in [0, 0.05) is 6.61 Å². The topological polar surface area (TPSA) is 9.23 Å². The lowest BCUT2D eigenvalue weighted by Gasteiger charge is -2.26. The molecule has 1 atom stereocenters. The summed E-state index contributed by atoms with van der Waals surface area (Å²) in [5.74, 6) is 0. The van der Waals surface area contributed by atoms with E-state index in [9.17, 15) is 0 Å². The molecule has 0 bridgehead atoms. The Balaban J connectivity index is 0.000000461. The lowest BCUT2D eigenvalue weighted by atomic mass is 10.1. The van der Waals surface area contributed by atoms with Gasteiger partial charge in [-0.15, -0.1) is 0 Å². The second-order valence-corrected chi connectivity index (χ2v) is 2.78. The molecule has 1 heterocycles. The van der Waals surface area contributed by atoms with E-state index in [4.69, 9.17) is 4.74 Å². The average molecular weight is 176 g/mol. The van der Waals surface area contributed by atoms with E-state index in [0.717, 1.165) is 6.61 Å². The highest BCUT2D eigenvalue weighted by Crippen LogP contribution is 2.17. The highest BCUT2D eigenvalue weighted by Gasteiger charge is 2.16. The molecule has 0 amide bonds. The van der Waals surface area contributed by atoms with Gasteiger partial charge in [-0.2, -0.15) is 12.6 Å². The quantitative estimate of drug-likeness (QED) is 0.512. The Morgan fingerprint density at radius 2 is 2.00 bits per heavy atom. The minimum absolute atomic E-state index is 0.636. The van der Waals surface area contributed by atoms with Gasteiger partial charge in [-0.1, -0.05) is 26.2 Å². The zero-order valence-corrected chi connectivity index (χ0v) is 8.57. The summed E-state index contributed by atoms with van der Waals surface area (Å²) in [5.41, 5.74) is 0. The summed E-state index contributed by atoms with van der Waals surface area (Å²) in [4.78, 5) is 0. The predicted molar refractivity (Wildman–Crippen MR) is 53.4 cm³/mol. The van der Waals surface area contributed by atoms with Gasteiger partial charge in [0.15, 0.2) is 0 Å². The van der Waals surface area contributed by atoms with Crippen LogP contribution in [0.1, 0.15) is 39.0 Å². The molecular weight excluding hydrogens is 156 g/mol. The van der Waals surface area contributed by atoms with E-state index in [-0.39, 0.29) is 0 Å². The van der Waals surface area contributed by atoms with Gasteiger partial charge >= 0.3 is 0 Å². The van der Waals surface area contributed by atoms with Crippen molar-refractivity contribution in [1.82, 2.24) is 0 Å². The van der Waals surface area contributed by atoms with Crippen LogP contribution in [-0.2, 0) is 4.74 Å². The second-order valence-electron chi connectivity index (χ2n) is 2.78. The predicted octanol–water partition coefficient (Wildman–Crippen LogP) is 2.90. The molecule has 68 valence electrons. The van der Waals surface area contributed by atoms with Gasteiger partial charge in [0.1, 0.15) is 0 Å². The van der Waals surface area contributed by atoms with Gasteiger partial charge in [-0.3, -0.25) is 0 Å². The molecule has 0 spiro atoms. The highest BCUT2D eigenvalue weighted by atomic mass is 32.1. The summed E-state index contributed by atoms with van der Waals surface area (Å²) in [6.07, 6.45) is 9.00. The monoisotopic (exact) mass is 176 g/mol. The van der Waals surface area contributed by atoms with Crippen molar-refractivity contribution in [2.75, 3.05) is 12.9 Å². The summed E-state index contributed by atoms with van der Waals surface area (Å²) in [6.45, 7) is 3.25. The van der Waals surface area contributed by atoms with E-state index in [1.165, 1.54) is 32.1 Å². The molecular formula is C9H20OS. The minimum Gasteiger partial charge on any atom is -0.378 e. The van der Waals surface area contributed by atoms with Crippen molar-refractivity contribution in [3.05, 3.63) is 0 Å². The number of ether oxygens (including phenoxy) is 1. The third-order valence-corrected chi connectivity index (χ3v) is 1.92. The highest BCUT2D eigenvalue weighted by molar-refractivity contribution is 7.79. The molecule has 1 rings (SSSR count). The Morgan fingerprint density at radius 1 is 1.36 bits per heavy atom. The fraction of sp³-hybridized carbons (Fsp3) is 1.00. The maximum absolute atomic E-state index is 5.28. The standard InChI is InChI=1S/C8H16O.CH4S/c1-2-3-4-5-8-6-7-9-8;1-2/h8H,2-7H2,1H3;2H,1H3. The largest absolute Gasteiger partial charge is 0.378 e. The van der Waals surface area contributed by atoms with Crippen LogP contribution in [0.4, 0.5) is 0 Å². The summed E-state index contributed by atoms with van der Waals surface area (Å²) in [6, 6.07) is 0. The lowest BCUT2D eigenvalue weighted by Crippen LogP contribution is -2.26. The van der Waals surface area contributed by atoms with E-state index in [1.54, 1.807) is 6.26 Å². The van der Waals surface area contributed by atoms with E-state index in [1.807, 2.05) is 0 Å². The molecule has 2 heteroatoms. The van der Waals surface area contributed by atoms with Crippen molar-refractivity contribution in [3.8, 4) is 0 Å². The van der Waals surface area contributed by atoms with Gasteiger partial charge in [0.2, 0.25) is 0 Å². The van der Waals surface area contributed by atoms with Crippen LogP contribution >= 0.6 is 12.6 Å². The van der Waals surface area contributed by atoms with Gasteiger partial charge in [0.25, 0.3) is 0 Å². The number of unbranched alkanes of at least 4 members (excludes halogenated alkanes) is 2. The Hall–Kier alpha value is 0.310. The zero-order valence-electron chi connectivity index (χ0n) is 7.68.